The van der Waals surface area contributed by atoms with Crippen LogP contribution in [-0.4, -0.2) is 9.66 Å². The lowest BCUT2D eigenvalue weighted by Crippen LogP contribution is -2.31. The zero-order valence-electron chi connectivity index (χ0n) is 15.1. The highest BCUT2D eigenvalue weighted by Gasteiger charge is 2.14. The molecule has 0 aliphatic carbocycles. The van der Waals surface area contributed by atoms with Gasteiger partial charge < -0.3 is 5.43 Å². The molecule has 0 spiro atoms. The van der Waals surface area contributed by atoms with E-state index in [1.54, 1.807) is 30.3 Å². The van der Waals surface area contributed by atoms with Gasteiger partial charge in [0.05, 0.1) is 17.4 Å². The topological polar surface area (TPSA) is 46.9 Å². The fourth-order valence-corrected chi connectivity index (χ4v) is 3.19. The quantitative estimate of drug-likeness (QED) is 0.536. The van der Waals surface area contributed by atoms with Crippen LogP contribution in [0, 0.1) is 12.7 Å². The third kappa shape index (κ3) is 3.49. The van der Waals surface area contributed by atoms with Crippen LogP contribution < -0.4 is 11.0 Å². The molecule has 0 radical (unpaired) electrons. The van der Waals surface area contributed by atoms with E-state index >= 15 is 0 Å². The summed E-state index contributed by atoms with van der Waals surface area (Å²) in [6.45, 7) is 2.32. The maximum Gasteiger partial charge on any atom is 0.280 e. The van der Waals surface area contributed by atoms with Crippen LogP contribution in [0.2, 0.25) is 5.02 Å². The summed E-state index contributed by atoms with van der Waals surface area (Å²) >= 11 is 5.94. The number of nitrogens with zero attached hydrogens (tertiary/aromatic N) is 2. The fraction of sp³-hybridized carbons (Fsp3) is 0.0909. The Morgan fingerprint density at radius 2 is 1.75 bits per heavy atom. The lowest BCUT2D eigenvalue weighted by Gasteiger charge is -2.16. The molecule has 4 rings (SSSR count). The molecule has 6 heteroatoms. The summed E-state index contributed by atoms with van der Waals surface area (Å²) in [4.78, 5) is 17.9. The number of halogens is 2. The maximum absolute atomic E-state index is 13.4. The van der Waals surface area contributed by atoms with E-state index in [9.17, 15) is 9.18 Å². The Kier molecular flexibility index (Phi) is 4.84. The first kappa shape index (κ1) is 18.2. The molecule has 4 nitrogen and oxygen atoms in total. The third-order valence-corrected chi connectivity index (χ3v) is 4.81. The number of fused-ring (bicyclic) bond motifs is 1. The van der Waals surface area contributed by atoms with Gasteiger partial charge in [0.25, 0.3) is 5.56 Å². The van der Waals surface area contributed by atoms with Crippen molar-refractivity contribution in [3.63, 3.8) is 0 Å². The van der Waals surface area contributed by atoms with Gasteiger partial charge >= 0.3 is 0 Å². The van der Waals surface area contributed by atoms with Gasteiger partial charge in [0.1, 0.15) is 5.82 Å². The Bertz CT molecular complexity index is 1200. The standard InChI is InChI=1S/C22H17ClFN3O/c1-14-3-2-4-19-20(14)26-21(16-7-11-18(24)12-8-16)27(22(19)28)25-13-15-5-9-17(23)10-6-15/h2-12,25H,13H2,1H3. The van der Waals surface area contributed by atoms with Crippen LogP contribution in [0.3, 0.4) is 0 Å². The molecule has 0 aliphatic rings. The highest BCUT2D eigenvalue weighted by Crippen LogP contribution is 2.21. The molecule has 0 fully saturated rings. The molecular formula is C22H17ClFN3O. The van der Waals surface area contributed by atoms with Gasteiger partial charge in [0.2, 0.25) is 0 Å². The Hall–Kier alpha value is -3.18. The zero-order chi connectivity index (χ0) is 19.7. The molecule has 4 aromatic rings. The first-order valence-electron chi connectivity index (χ1n) is 8.79. The van der Waals surface area contributed by atoms with Gasteiger partial charge in [-0.25, -0.2) is 14.1 Å². The van der Waals surface area contributed by atoms with E-state index in [1.165, 1.54) is 16.8 Å². The molecule has 0 atom stereocenters. The van der Waals surface area contributed by atoms with E-state index in [4.69, 9.17) is 16.6 Å². The number of nitrogens with one attached hydrogen (secondary N) is 1. The minimum absolute atomic E-state index is 0.206. The number of aromatic nitrogens is 2. The number of benzene rings is 3. The molecule has 0 amide bonds. The van der Waals surface area contributed by atoms with Gasteiger partial charge in [-0.15, -0.1) is 0 Å². The summed E-state index contributed by atoms with van der Waals surface area (Å²) in [5.41, 5.74) is 6.09. The van der Waals surface area contributed by atoms with E-state index in [-0.39, 0.29) is 11.4 Å². The van der Waals surface area contributed by atoms with Gasteiger partial charge in [0.15, 0.2) is 5.82 Å². The average molecular weight is 394 g/mol. The highest BCUT2D eigenvalue weighted by molar-refractivity contribution is 6.30. The minimum atomic E-state index is -0.344. The van der Waals surface area contributed by atoms with E-state index < -0.39 is 0 Å². The van der Waals surface area contributed by atoms with Crippen LogP contribution in [0.1, 0.15) is 11.1 Å². The molecule has 140 valence electrons. The number of rotatable bonds is 4. The lowest BCUT2D eigenvalue weighted by molar-refractivity contribution is 0.628. The van der Waals surface area contributed by atoms with Gasteiger partial charge in [-0.3, -0.25) is 4.79 Å². The normalized spacial score (nSPS) is 11.0. The van der Waals surface area contributed by atoms with Crippen molar-refractivity contribution < 1.29 is 4.39 Å². The van der Waals surface area contributed by atoms with E-state index in [0.29, 0.717) is 33.9 Å². The van der Waals surface area contributed by atoms with Gasteiger partial charge in [-0.1, -0.05) is 35.9 Å². The van der Waals surface area contributed by atoms with Crippen molar-refractivity contribution >= 4 is 22.5 Å². The first-order valence-corrected chi connectivity index (χ1v) is 9.17. The second-order valence-corrected chi connectivity index (χ2v) is 6.95. The van der Waals surface area contributed by atoms with Crippen molar-refractivity contribution in [2.75, 3.05) is 5.43 Å². The summed E-state index contributed by atoms with van der Waals surface area (Å²) in [6, 6.07) is 18.8. The first-order chi connectivity index (χ1) is 13.5. The van der Waals surface area contributed by atoms with Crippen LogP contribution in [0.4, 0.5) is 4.39 Å². The van der Waals surface area contributed by atoms with Crippen LogP contribution in [0.15, 0.2) is 71.5 Å². The molecule has 0 saturated carbocycles. The molecule has 1 heterocycles. The van der Waals surface area contributed by atoms with Crippen molar-refractivity contribution in [1.29, 1.82) is 0 Å². The maximum atomic E-state index is 13.4. The summed E-state index contributed by atoms with van der Waals surface area (Å²) in [5, 5.41) is 1.17. The van der Waals surface area contributed by atoms with E-state index in [2.05, 4.69) is 5.43 Å². The summed E-state index contributed by atoms with van der Waals surface area (Å²) in [6.07, 6.45) is 0. The second-order valence-electron chi connectivity index (χ2n) is 6.52. The van der Waals surface area contributed by atoms with Crippen LogP contribution in [-0.2, 0) is 6.54 Å². The van der Waals surface area contributed by atoms with Crippen molar-refractivity contribution in [2.45, 2.75) is 13.5 Å². The van der Waals surface area contributed by atoms with Gasteiger partial charge in [-0.05, 0) is 60.5 Å². The predicted octanol–water partition coefficient (Wildman–Crippen LogP) is 4.91. The summed E-state index contributed by atoms with van der Waals surface area (Å²) < 4.78 is 14.8. The predicted molar refractivity (Wildman–Crippen MR) is 111 cm³/mol. The molecule has 0 saturated heterocycles. The van der Waals surface area contributed by atoms with Crippen LogP contribution >= 0.6 is 11.6 Å². The molecular weight excluding hydrogens is 377 g/mol. The molecule has 3 aromatic carbocycles. The smallest absolute Gasteiger partial charge is 0.280 e. The zero-order valence-corrected chi connectivity index (χ0v) is 15.9. The Morgan fingerprint density at radius 1 is 1.04 bits per heavy atom. The van der Waals surface area contributed by atoms with Gasteiger partial charge in [-0.2, -0.15) is 0 Å². The SMILES string of the molecule is Cc1cccc2c(=O)n(NCc3ccc(Cl)cc3)c(-c3ccc(F)cc3)nc12. The number of hydrogen-bond donors (Lipinski definition) is 1. The molecule has 0 bridgehead atoms. The van der Waals surface area contributed by atoms with Gasteiger partial charge in [0, 0.05) is 10.6 Å². The number of aryl methyl sites for hydroxylation is 1. The molecule has 1 aromatic heterocycles. The number of hydrogen-bond acceptors (Lipinski definition) is 3. The van der Waals surface area contributed by atoms with Crippen LogP contribution in [0.25, 0.3) is 22.3 Å². The minimum Gasteiger partial charge on any atom is -0.317 e. The monoisotopic (exact) mass is 393 g/mol. The molecule has 0 aliphatic heterocycles. The average Bonchev–Trinajstić information content (AvgIpc) is 2.70. The molecule has 1 N–H and O–H groups in total. The number of para-hydroxylation sites is 1. The largest absolute Gasteiger partial charge is 0.317 e. The van der Waals surface area contributed by atoms with Crippen molar-refractivity contribution in [1.82, 2.24) is 9.66 Å². The van der Waals surface area contributed by atoms with Crippen molar-refractivity contribution in [3.05, 3.63) is 99.1 Å². The van der Waals surface area contributed by atoms with Crippen LogP contribution in [0.5, 0.6) is 0 Å². The molecule has 0 unspecified atom stereocenters. The van der Waals surface area contributed by atoms with Crippen molar-refractivity contribution in [2.24, 2.45) is 0 Å². The Morgan fingerprint density at radius 3 is 2.46 bits per heavy atom. The fourth-order valence-electron chi connectivity index (χ4n) is 3.06. The molecule has 28 heavy (non-hydrogen) atoms. The second kappa shape index (κ2) is 7.44. The van der Waals surface area contributed by atoms with E-state index in [1.807, 2.05) is 31.2 Å². The Labute approximate surface area is 166 Å². The van der Waals surface area contributed by atoms with Crippen molar-refractivity contribution in [3.8, 4) is 11.4 Å². The highest BCUT2D eigenvalue weighted by atomic mass is 35.5. The third-order valence-electron chi connectivity index (χ3n) is 4.56. The summed E-state index contributed by atoms with van der Waals surface area (Å²) in [5.74, 6) is 0.0875. The Balaban J connectivity index is 1.85. The summed E-state index contributed by atoms with van der Waals surface area (Å²) in [7, 11) is 0. The lowest BCUT2D eigenvalue weighted by atomic mass is 10.1. The van der Waals surface area contributed by atoms with E-state index in [0.717, 1.165) is 11.1 Å².